The van der Waals surface area contributed by atoms with Crippen LogP contribution in [-0.4, -0.2) is 27.4 Å². The third-order valence-electron chi connectivity index (χ3n) is 2.31. The van der Waals surface area contributed by atoms with Crippen molar-refractivity contribution in [3.05, 3.63) is 40.4 Å². The molecule has 0 aliphatic rings. The first-order valence-electron chi connectivity index (χ1n) is 5.54. The number of ether oxygens (including phenoxy) is 1. The molecule has 106 valence electrons. The van der Waals surface area contributed by atoms with Gasteiger partial charge in [-0.2, -0.15) is 0 Å². The van der Waals surface area contributed by atoms with Crippen molar-refractivity contribution in [2.75, 3.05) is 12.0 Å². The van der Waals surface area contributed by atoms with Gasteiger partial charge >= 0.3 is 0 Å². The highest BCUT2D eigenvalue weighted by Gasteiger charge is 2.12. The number of nitrogens with zero attached hydrogens (tertiary/aromatic N) is 3. The van der Waals surface area contributed by atoms with Gasteiger partial charge in [0, 0.05) is 10.6 Å². The number of hydrogen-bond donors (Lipinski definition) is 2. The molecule has 0 bridgehead atoms. The summed E-state index contributed by atoms with van der Waals surface area (Å²) in [6.45, 7) is 0.0907. The number of hydrogen-bond acceptors (Lipinski definition) is 5. The van der Waals surface area contributed by atoms with Crippen LogP contribution < -0.4 is 15.9 Å². The molecule has 2 rings (SSSR count). The highest BCUT2D eigenvalue weighted by atomic mass is 35.5. The zero-order chi connectivity index (χ0) is 14.5. The number of rotatable bonds is 6. The minimum absolute atomic E-state index is 0.263. The number of aromatic nitrogens is 3. The average molecular weight is 316 g/mol. The lowest BCUT2D eigenvalue weighted by atomic mass is 10.2. The number of nitrogens with two attached hydrogens (primary N) is 1. The van der Waals surface area contributed by atoms with Crippen LogP contribution in [0.4, 0.5) is 0 Å². The van der Waals surface area contributed by atoms with Gasteiger partial charge in [0.1, 0.15) is 18.4 Å². The minimum Gasteiger partial charge on any atom is -0.482 e. The van der Waals surface area contributed by atoms with Crippen molar-refractivity contribution in [2.45, 2.75) is 6.54 Å². The summed E-state index contributed by atoms with van der Waals surface area (Å²) in [6, 6.07) is 3.21. The number of nitrogens with one attached hydrogen (secondary N) is 1. The molecule has 0 saturated heterocycles. The third kappa shape index (κ3) is 3.75. The molecule has 0 aliphatic carbocycles. The highest BCUT2D eigenvalue weighted by Crippen LogP contribution is 2.32. The van der Waals surface area contributed by atoms with Crippen molar-refractivity contribution in [3.63, 3.8) is 0 Å². The van der Waals surface area contributed by atoms with Crippen LogP contribution in [0.25, 0.3) is 0 Å². The summed E-state index contributed by atoms with van der Waals surface area (Å²) in [5, 5.41) is 8.08. The van der Waals surface area contributed by atoms with E-state index in [0.717, 1.165) is 0 Å². The number of benzene rings is 1. The van der Waals surface area contributed by atoms with E-state index in [1.807, 2.05) is 0 Å². The van der Waals surface area contributed by atoms with E-state index >= 15 is 0 Å². The van der Waals surface area contributed by atoms with Crippen LogP contribution in [0.2, 0.25) is 10.0 Å². The Labute approximate surface area is 124 Å². The fourth-order valence-corrected chi connectivity index (χ4v) is 2.10. The molecular formula is C11H11Cl2N5O2. The van der Waals surface area contributed by atoms with Crippen molar-refractivity contribution in [1.29, 1.82) is 0 Å². The van der Waals surface area contributed by atoms with Crippen molar-refractivity contribution in [1.82, 2.24) is 14.9 Å². The quantitative estimate of drug-likeness (QED) is 0.835. The molecule has 7 nitrogen and oxygen atoms in total. The topological polar surface area (TPSA) is 95.1 Å². The number of carbonyl (C=O) groups excluding carboxylic acids is 1. The van der Waals surface area contributed by atoms with Gasteiger partial charge in [-0.25, -0.2) is 4.68 Å². The smallest absolute Gasteiger partial charge is 0.255 e. The molecule has 0 saturated carbocycles. The van der Waals surface area contributed by atoms with Crippen molar-refractivity contribution in [2.24, 2.45) is 5.73 Å². The van der Waals surface area contributed by atoms with Gasteiger partial charge in [-0.05, 0) is 12.1 Å². The zero-order valence-corrected chi connectivity index (χ0v) is 11.7. The normalized spacial score (nSPS) is 10.3. The van der Waals surface area contributed by atoms with Crippen molar-refractivity contribution in [3.8, 4) is 5.75 Å². The predicted molar refractivity (Wildman–Crippen MR) is 74.2 cm³/mol. The van der Waals surface area contributed by atoms with Crippen LogP contribution >= 0.6 is 23.2 Å². The second-order valence-corrected chi connectivity index (χ2v) is 4.68. The summed E-state index contributed by atoms with van der Waals surface area (Å²) in [5.41, 5.74) is 8.73. The lowest BCUT2D eigenvalue weighted by molar-refractivity contribution is -0.119. The standard InChI is InChI=1S/C11H11Cl2N5O2/c12-8-1-7(3-17-18-5-15-16-6-18)11(9(13)2-8)20-4-10(14)19/h1-2,5-6,17H,3-4H2,(H2,14,19). The Morgan fingerprint density at radius 1 is 1.35 bits per heavy atom. The lowest BCUT2D eigenvalue weighted by Gasteiger charge is -2.14. The molecule has 0 atom stereocenters. The lowest BCUT2D eigenvalue weighted by Crippen LogP contribution is -2.21. The van der Waals surface area contributed by atoms with E-state index in [-0.39, 0.29) is 6.61 Å². The molecule has 0 radical (unpaired) electrons. The Kier molecular flexibility index (Phi) is 4.65. The number of halogens is 2. The van der Waals surface area contributed by atoms with Crippen molar-refractivity contribution >= 4 is 29.1 Å². The van der Waals surface area contributed by atoms with Crippen LogP contribution in [0, 0.1) is 0 Å². The van der Waals surface area contributed by atoms with E-state index in [4.69, 9.17) is 33.7 Å². The molecule has 0 aliphatic heterocycles. The third-order valence-corrected chi connectivity index (χ3v) is 2.81. The molecule has 1 aromatic heterocycles. The van der Waals surface area contributed by atoms with Crippen LogP contribution in [0.1, 0.15) is 5.56 Å². The Hall–Kier alpha value is -1.99. The molecule has 9 heteroatoms. The first kappa shape index (κ1) is 14.4. The second-order valence-electron chi connectivity index (χ2n) is 3.83. The van der Waals surface area contributed by atoms with Gasteiger partial charge in [-0.15, -0.1) is 10.2 Å². The fourth-order valence-electron chi connectivity index (χ4n) is 1.51. The SMILES string of the molecule is NC(=O)COc1c(Cl)cc(Cl)cc1CNn1cnnc1. The Bertz CT molecular complexity index is 603. The Morgan fingerprint density at radius 3 is 2.70 bits per heavy atom. The predicted octanol–water partition coefficient (Wildman–Crippen LogP) is 1.19. The number of primary amides is 1. The molecule has 3 N–H and O–H groups in total. The Balaban J connectivity index is 2.18. The summed E-state index contributed by atoms with van der Waals surface area (Å²) in [4.78, 5) is 10.8. The summed E-state index contributed by atoms with van der Waals surface area (Å²) in [5.74, 6) is -0.232. The first-order valence-corrected chi connectivity index (χ1v) is 6.29. The van der Waals surface area contributed by atoms with Gasteiger partial charge < -0.3 is 15.9 Å². The van der Waals surface area contributed by atoms with Gasteiger partial charge in [0.05, 0.1) is 11.6 Å². The van der Waals surface area contributed by atoms with Gasteiger partial charge in [-0.3, -0.25) is 4.79 Å². The van der Waals surface area contributed by atoms with Gasteiger partial charge in [0.25, 0.3) is 5.91 Å². The van der Waals surface area contributed by atoms with E-state index in [1.165, 1.54) is 18.7 Å². The van der Waals surface area contributed by atoms with Gasteiger partial charge in [0.15, 0.2) is 6.61 Å². The van der Waals surface area contributed by atoms with Crippen molar-refractivity contribution < 1.29 is 9.53 Å². The number of amides is 1. The largest absolute Gasteiger partial charge is 0.482 e. The molecule has 20 heavy (non-hydrogen) atoms. The van der Waals surface area contributed by atoms with E-state index in [1.54, 1.807) is 10.7 Å². The molecule has 0 spiro atoms. The maximum Gasteiger partial charge on any atom is 0.255 e. The summed E-state index contributed by atoms with van der Waals surface area (Å²) in [6.07, 6.45) is 2.99. The van der Waals surface area contributed by atoms with E-state index < -0.39 is 5.91 Å². The van der Waals surface area contributed by atoms with Crippen LogP contribution in [0.15, 0.2) is 24.8 Å². The summed E-state index contributed by atoms with van der Waals surface area (Å²) < 4.78 is 6.87. The molecule has 2 aromatic rings. The van der Waals surface area contributed by atoms with E-state index in [9.17, 15) is 4.79 Å². The molecule has 1 aromatic carbocycles. The average Bonchev–Trinajstić information content (AvgIpc) is 2.87. The Morgan fingerprint density at radius 2 is 2.05 bits per heavy atom. The minimum atomic E-state index is -0.589. The first-order chi connectivity index (χ1) is 9.56. The summed E-state index contributed by atoms with van der Waals surface area (Å²) >= 11 is 12.0. The molecular weight excluding hydrogens is 305 g/mol. The van der Waals surface area contributed by atoms with Crippen LogP contribution in [0.3, 0.4) is 0 Å². The van der Waals surface area contributed by atoms with E-state index in [2.05, 4.69) is 15.6 Å². The molecule has 1 amide bonds. The monoisotopic (exact) mass is 315 g/mol. The maximum absolute atomic E-state index is 10.8. The van der Waals surface area contributed by atoms with Crippen LogP contribution in [0.5, 0.6) is 5.75 Å². The molecule has 0 unspecified atom stereocenters. The van der Waals surface area contributed by atoms with Gasteiger partial charge in [0.2, 0.25) is 0 Å². The highest BCUT2D eigenvalue weighted by molar-refractivity contribution is 6.35. The fraction of sp³-hybridized carbons (Fsp3) is 0.182. The summed E-state index contributed by atoms with van der Waals surface area (Å²) in [7, 11) is 0. The molecule has 1 heterocycles. The van der Waals surface area contributed by atoms with Crippen LogP contribution in [-0.2, 0) is 11.3 Å². The second kappa shape index (κ2) is 6.44. The van der Waals surface area contributed by atoms with Gasteiger partial charge in [-0.1, -0.05) is 23.2 Å². The maximum atomic E-state index is 10.8. The zero-order valence-electron chi connectivity index (χ0n) is 10.2. The number of carbonyl (C=O) groups is 1. The van der Waals surface area contributed by atoms with E-state index in [0.29, 0.717) is 27.9 Å². The molecule has 0 fully saturated rings.